The molecule has 14 rings (SSSR count). The van der Waals surface area contributed by atoms with Crippen LogP contribution in [0.15, 0.2) is 147 Å². The van der Waals surface area contributed by atoms with E-state index in [1.807, 2.05) is 137 Å². The predicted molar refractivity (Wildman–Crippen MR) is 355 cm³/mol. The number of nitrogens with zero attached hydrogens (tertiary/aromatic N) is 20. The summed E-state index contributed by atoms with van der Waals surface area (Å²) < 4.78 is 0. The minimum absolute atomic E-state index is 0.505. The molecule has 4 aliphatic heterocycles. The van der Waals surface area contributed by atoms with E-state index in [1.165, 1.54) is 6.33 Å². The predicted octanol–water partition coefficient (Wildman–Crippen LogP) is 9.87. The molecule has 4 aromatic carbocycles. The minimum atomic E-state index is 0.505. The first kappa shape index (κ1) is 64.6. The Balaban J connectivity index is 0.000000132. The highest BCUT2D eigenvalue weighted by Gasteiger charge is 2.26. The maximum Gasteiger partial charge on any atom is 0.137 e. The molecule has 23 heteroatoms. The van der Waals surface area contributed by atoms with Crippen molar-refractivity contribution in [2.75, 3.05) is 51.1 Å². The van der Waals surface area contributed by atoms with Crippen molar-refractivity contribution < 1.29 is 0 Å². The first-order valence-corrected chi connectivity index (χ1v) is 30.6. The lowest BCUT2D eigenvalue weighted by Crippen LogP contribution is -2.32. The number of nitriles is 4. The number of nitrogens with one attached hydrogen (secondary N) is 1. The number of hydrogen-bond donors (Lipinski definition) is 2. The van der Waals surface area contributed by atoms with Crippen LogP contribution in [-0.2, 0) is 65.0 Å². The van der Waals surface area contributed by atoms with E-state index in [4.69, 9.17) is 27.9 Å². The van der Waals surface area contributed by atoms with Gasteiger partial charge in [0, 0.05) is 162 Å². The quantitative estimate of drug-likeness (QED) is 0.134. The third-order valence-electron chi connectivity index (χ3n) is 16.0. The zero-order valence-electron chi connectivity index (χ0n) is 52.2. The Morgan fingerprint density at radius 2 is 0.849 bits per heavy atom. The molecule has 0 bridgehead atoms. The zero-order valence-corrected chi connectivity index (χ0v) is 52.9. The number of hydrogen-bond acceptors (Lipinski definition) is 22. The molecule has 10 aromatic rings. The molecule has 0 radical (unpaired) electrons. The molecule has 0 saturated carbocycles. The smallest absolute Gasteiger partial charge is 0.137 e. The number of benzene rings is 4. The van der Waals surface area contributed by atoms with E-state index < -0.39 is 0 Å². The minimum Gasteiger partial charge on any atom is -0.366 e. The van der Waals surface area contributed by atoms with E-state index >= 15 is 0 Å². The van der Waals surface area contributed by atoms with Crippen molar-refractivity contribution >= 4 is 40.2 Å². The van der Waals surface area contributed by atoms with Crippen LogP contribution in [0.1, 0.15) is 101 Å². The molecule has 22 nitrogen and oxygen atoms in total. The Kier molecular flexibility index (Phi) is 21.8. The third-order valence-corrected chi connectivity index (χ3v) is 16.3. The van der Waals surface area contributed by atoms with Crippen LogP contribution in [0.3, 0.4) is 0 Å². The SMILES string of the molecule is Cc1ccc(N2CCc3ncnc(Cl)c3C2)c(C#N)c1.Cc1ccc(N2CCc3ncnc(NCc4cnc(C)nc4)c3C2)c(C#N)c1.Cc1ncc(CN)cn1.N#Cc1ccccc1N1CCc2ncncc2C1.N#Cc1ccccc1N1CCc2ncncc2C1. The molecule has 0 unspecified atom stereocenters. The number of rotatable bonds is 8. The summed E-state index contributed by atoms with van der Waals surface area (Å²) in [5.74, 6) is 2.36. The summed E-state index contributed by atoms with van der Waals surface area (Å²) in [6.45, 7) is 15.1. The first-order valence-electron chi connectivity index (χ1n) is 30.3. The van der Waals surface area contributed by atoms with Gasteiger partial charge >= 0.3 is 0 Å². The molecule has 0 aliphatic carbocycles. The maximum atomic E-state index is 9.53. The van der Waals surface area contributed by atoms with Crippen molar-refractivity contribution in [3.05, 3.63) is 254 Å². The first-order chi connectivity index (χ1) is 45.4. The summed E-state index contributed by atoms with van der Waals surface area (Å²) in [6.07, 6.45) is 20.6. The van der Waals surface area contributed by atoms with Gasteiger partial charge in [-0.3, -0.25) is 0 Å². The molecular formula is C70H67ClN22. The number of aromatic nitrogens is 12. The number of aryl methyl sites for hydroxylation is 4. The Bertz CT molecular complexity index is 4290. The molecule has 464 valence electrons. The van der Waals surface area contributed by atoms with Crippen LogP contribution in [0.4, 0.5) is 28.6 Å². The second kappa shape index (κ2) is 31.3. The van der Waals surface area contributed by atoms with Crippen molar-refractivity contribution in [2.24, 2.45) is 5.73 Å². The Morgan fingerprint density at radius 3 is 1.33 bits per heavy atom. The van der Waals surface area contributed by atoms with Crippen LogP contribution in [0.2, 0.25) is 5.15 Å². The number of fused-ring (bicyclic) bond motifs is 4. The standard InChI is InChI=1S/C21H21N7.C15H13ClN4.2C14H12N4.C6H9N3/c1-14-3-4-20(17(7-14)8-22)28-6-5-19-18(12-28)21(27-13-26-19)25-11-16-9-23-15(2)24-10-16;1-10-2-3-14(11(6-10)7-17)20-5-4-13-12(8-20)15(16)19-9-18-13;2*15-7-11-3-1-2-4-14(11)18-6-5-13-12(9-18)8-16-10-17-13;1-5-8-3-6(2-7)4-9-5/h3-4,7,9-10,13H,5-6,11-12H2,1-2H3,(H,25,26,27);2-3,6,9H,4-5,8H2,1H3;2*1-4,8,10H,5-6,9H2;3-4H,2,7H2,1H3. The van der Waals surface area contributed by atoms with Gasteiger partial charge in [0.05, 0.1) is 67.8 Å². The largest absolute Gasteiger partial charge is 0.366 e. The van der Waals surface area contributed by atoms with Gasteiger partial charge in [0.1, 0.15) is 72.2 Å². The molecule has 0 spiro atoms. The van der Waals surface area contributed by atoms with Gasteiger partial charge in [0.25, 0.3) is 0 Å². The highest BCUT2D eigenvalue weighted by Crippen LogP contribution is 2.33. The zero-order chi connectivity index (χ0) is 65.1. The van der Waals surface area contributed by atoms with Crippen molar-refractivity contribution in [3.63, 3.8) is 0 Å². The van der Waals surface area contributed by atoms with E-state index in [0.29, 0.717) is 42.5 Å². The Morgan fingerprint density at radius 1 is 0.441 bits per heavy atom. The summed E-state index contributed by atoms with van der Waals surface area (Å²) in [6, 6.07) is 36.4. The fourth-order valence-corrected chi connectivity index (χ4v) is 11.3. The summed E-state index contributed by atoms with van der Waals surface area (Å²) in [5.41, 5.74) is 24.8. The molecule has 0 fully saturated rings. The van der Waals surface area contributed by atoms with Crippen LogP contribution >= 0.6 is 11.6 Å². The molecule has 10 heterocycles. The van der Waals surface area contributed by atoms with E-state index in [-0.39, 0.29) is 0 Å². The summed E-state index contributed by atoms with van der Waals surface area (Å²) >= 11 is 6.15. The van der Waals surface area contributed by atoms with E-state index in [9.17, 15) is 10.5 Å². The van der Waals surface area contributed by atoms with Crippen molar-refractivity contribution in [2.45, 2.75) is 92.6 Å². The van der Waals surface area contributed by atoms with Crippen LogP contribution < -0.4 is 30.7 Å². The number of nitrogens with two attached hydrogens (primary N) is 1. The fourth-order valence-electron chi connectivity index (χ4n) is 11.1. The topological polar surface area (TPSA) is 301 Å². The lowest BCUT2D eigenvalue weighted by molar-refractivity contribution is 0.704. The van der Waals surface area contributed by atoms with Gasteiger partial charge in [-0.25, -0.2) is 59.8 Å². The second-order valence-corrected chi connectivity index (χ2v) is 22.6. The fraction of sp³-hybridized carbons (Fsp3) is 0.257. The van der Waals surface area contributed by atoms with E-state index in [0.717, 1.165) is 184 Å². The molecule has 0 amide bonds. The Labute approximate surface area is 545 Å². The van der Waals surface area contributed by atoms with Crippen LogP contribution in [0.25, 0.3) is 0 Å². The molecule has 93 heavy (non-hydrogen) atoms. The van der Waals surface area contributed by atoms with Crippen LogP contribution in [0.5, 0.6) is 0 Å². The second-order valence-electron chi connectivity index (χ2n) is 22.3. The summed E-state index contributed by atoms with van der Waals surface area (Å²) in [7, 11) is 0. The van der Waals surface area contributed by atoms with Gasteiger partial charge in [-0.05, 0) is 87.4 Å². The maximum absolute atomic E-state index is 9.53. The highest BCUT2D eigenvalue weighted by atomic mass is 35.5. The molecule has 3 N–H and O–H groups in total. The van der Waals surface area contributed by atoms with Gasteiger partial charge in [0.2, 0.25) is 0 Å². The molecular weight excluding hydrogens is 1180 g/mol. The van der Waals surface area contributed by atoms with Crippen molar-refractivity contribution in [1.82, 2.24) is 59.8 Å². The normalized spacial score (nSPS) is 13.1. The molecule has 4 aliphatic rings. The van der Waals surface area contributed by atoms with Crippen molar-refractivity contribution in [3.8, 4) is 24.3 Å². The van der Waals surface area contributed by atoms with E-state index in [1.54, 1.807) is 31.4 Å². The molecule has 6 aromatic heterocycles. The lowest BCUT2D eigenvalue weighted by Gasteiger charge is -2.31. The third kappa shape index (κ3) is 16.5. The van der Waals surface area contributed by atoms with Gasteiger partial charge in [0.15, 0.2) is 0 Å². The van der Waals surface area contributed by atoms with E-state index in [2.05, 4.69) is 109 Å². The number of halogens is 1. The lowest BCUT2D eigenvalue weighted by atomic mass is 10.0. The highest BCUT2D eigenvalue weighted by molar-refractivity contribution is 6.30. The van der Waals surface area contributed by atoms with Gasteiger partial charge in [-0.15, -0.1) is 0 Å². The summed E-state index contributed by atoms with van der Waals surface area (Å²) in [5, 5.41) is 41.0. The van der Waals surface area contributed by atoms with Crippen LogP contribution in [0, 0.1) is 73.0 Å². The average molecular weight is 1250 g/mol. The summed E-state index contributed by atoms with van der Waals surface area (Å²) in [4.78, 5) is 59.1. The van der Waals surface area contributed by atoms with Gasteiger partial charge < -0.3 is 30.7 Å². The van der Waals surface area contributed by atoms with Gasteiger partial charge in [-0.2, -0.15) is 21.0 Å². The Hall–Kier alpha value is -11.4. The molecule has 0 atom stereocenters. The number of anilines is 5. The van der Waals surface area contributed by atoms with Gasteiger partial charge in [-0.1, -0.05) is 48.0 Å². The van der Waals surface area contributed by atoms with Crippen LogP contribution in [-0.4, -0.2) is 86.0 Å². The molecule has 0 saturated heterocycles. The number of para-hydroxylation sites is 2. The van der Waals surface area contributed by atoms with Crippen molar-refractivity contribution in [1.29, 1.82) is 21.0 Å². The monoisotopic (exact) mass is 1250 g/mol. The average Bonchev–Trinajstić information content (AvgIpc) is 1.06.